The molecule has 0 aliphatic heterocycles. The number of carbonyl (C=O) groups excluding carboxylic acids is 1. The number of methoxy groups -OCH3 is 1. The first-order valence-electron chi connectivity index (χ1n) is 7.32. The van der Waals surface area contributed by atoms with E-state index >= 15 is 0 Å². The van der Waals surface area contributed by atoms with Crippen molar-refractivity contribution < 1.29 is 9.53 Å². The Kier molecular flexibility index (Phi) is 6.84. The molecule has 3 N–H and O–H groups in total. The summed E-state index contributed by atoms with van der Waals surface area (Å²) in [6.07, 6.45) is 1.02. The molecule has 24 heavy (non-hydrogen) atoms. The number of nitrogens with one attached hydrogen (secondary N) is 3. The van der Waals surface area contributed by atoms with Gasteiger partial charge >= 0.3 is 0 Å². The van der Waals surface area contributed by atoms with E-state index in [1.54, 1.807) is 25.3 Å². The molecule has 0 fully saturated rings. The molecule has 0 radical (unpaired) electrons. The fraction of sp³-hybridized carbons (Fsp3) is 0.176. The lowest BCUT2D eigenvalue weighted by atomic mass is 10.1. The lowest BCUT2D eigenvalue weighted by Crippen LogP contribution is -2.43. The lowest BCUT2D eigenvalue weighted by molar-refractivity contribution is -0.121. The molecule has 0 saturated carbocycles. The first-order valence-corrected chi connectivity index (χ1v) is 8.10. The monoisotopic (exact) mass is 363 g/mol. The van der Waals surface area contributed by atoms with Crippen LogP contribution in [0.25, 0.3) is 0 Å². The number of hydrogen-bond acceptors (Lipinski definition) is 3. The lowest BCUT2D eigenvalue weighted by Gasteiger charge is -2.14. The van der Waals surface area contributed by atoms with Gasteiger partial charge in [-0.2, -0.15) is 0 Å². The van der Waals surface area contributed by atoms with Crippen molar-refractivity contribution in [1.82, 2.24) is 10.9 Å². The number of anilines is 1. The predicted octanol–water partition coefficient (Wildman–Crippen LogP) is 3.30. The smallest absolute Gasteiger partial charge is 0.238 e. The van der Waals surface area contributed by atoms with Crippen LogP contribution in [0.15, 0.2) is 48.5 Å². The first-order chi connectivity index (χ1) is 11.6. The molecule has 126 valence electrons. The van der Waals surface area contributed by atoms with Crippen molar-refractivity contribution in [3.63, 3.8) is 0 Å². The van der Waals surface area contributed by atoms with Crippen LogP contribution < -0.4 is 20.9 Å². The van der Waals surface area contributed by atoms with Crippen LogP contribution in [0, 0.1) is 0 Å². The van der Waals surface area contributed by atoms with Crippen molar-refractivity contribution in [3.05, 3.63) is 59.1 Å². The number of hydrazine groups is 1. The van der Waals surface area contributed by atoms with Crippen LogP contribution in [0.5, 0.6) is 5.75 Å². The van der Waals surface area contributed by atoms with E-state index < -0.39 is 0 Å². The highest BCUT2D eigenvalue weighted by molar-refractivity contribution is 7.80. The molecule has 5 nitrogen and oxygen atoms in total. The normalized spacial score (nSPS) is 9.92. The fourth-order valence-electron chi connectivity index (χ4n) is 2.02. The van der Waals surface area contributed by atoms with Crippen molar-refractivity contribution in [2.24, 2.45) is 0 Å². The Morgan fingerprint density at radius 2 is 1.92 bits per heavy atom. The number of rotatable bonds is 5. The number of thiocarbonyl (C=S) groups is 1. The molecule has 2 rings (SSSR count). The molecule has 1 amide bonds. The van der Waals surface area contributed by atoms with Crippen molar-refractivity contribution in [2.75, 3.05) is 12.4 Å². The van der Waals surface area contributed by atoms with E-state index in [-0.39, 0.29) is 11.0 Å². The van der Waals surface area contributed by atoms with E-state index in [4.69, 9.17) is 28.6 Å². The number of benzene rings is 2. The molecule has 0 aromatic heterocycles. The second-order valence-electron chi connectivity index (χ2n) is 4.96. The highest BCUT2D eigenvalue weighted by Crippen LogP contribution is 2.27. The third-order valence-electron chi connectivity index (χ3n) is 3.21. The zero-order chi connectivity index (χ0) is 17.4. The molecule has 0 atom stereocenters. The van der Waals surface area contributed by atoms with E-state index in [1.807, 2.05) is 30.3 Å². The molecule has 0 aliphatic carbocycles. The van der Waals surface area contributed by atoms with Crippen LogP contribution in [-0.4, -0.2) is 18.1 Å². The summed E-state index contributed by atoms with van der Waals surface area (Å²) in [7, 11) is 1.55. The van der Waals surface area contributed by atoms with E-state index in [2.05, 4.69) is 16.2 Å². The minimum atomic E-state index is -0.152. The van der Waals surface area contributed by atoms with Crippen LogP contribution >= 0.6 is 23.8 Å². The van der Waals surface area contributed by atoms with Crippen molar-refractivity contribution in [2.45, 2.75) is 12.8 Å². The largest absolute Gasteiger partial charge is 0.495 e. The van der Waals surface area contributed by atoms with Crippen LogP contribution in [0.2, 0.25) is 5.02 Å². The molecular formula is C17H18ClN3O2S. The molecule has 0 heterocycles. The number of hydrogen-bond donors (Lipinski definition) is 3. The van der Waals surface area contributed by atoms with Gasteiger partial charge in [0.15, 0.2) is 5.11 Å². The van der Waals surface area contributed by atoms with Gasteiger partial charge in [-0.15, -0.1) is 0 Å². The molecule has 0 saturated heterocycles. The van der Waals surface area contributed by atoms with Gasteiger partial charge in [-0.25, -0.2) is 0 Å². The van der Waals surface area contributed by atoms with Gasteiger partial charge < -0.3 is 10.1 Å². The van der Waals surface area contributed by atoms with Gasteiger partial charge in [-0.05, 0) is 42.4 Å². The summed E-state index contributed by atoms with van der Waals surface area (Å²) in [4.78, 5) is 11.8. The first kappa shape index (κ1) is 18.0. The van der Waals surface area contributed by atoms with Crippen LogP contribution in [0.1, 0.15) is 12.0 Å². The highest BCUT2D eigenvalue weighted by atomic mass is 35.5. The number of ether oxygens (including phenoxy) is 1. The standard InChI is InChI=1S/C17H18ClN3O2S/c1-23-15-9-8-13(18)11-14(15)19-17(24)21-20-16(22)10-7-12-5-3-2-4-6-12/h2-6,8-9,11H,7,10H2,1H3,(H,20,22)(H2,19,21,24). The molecule has 0 bridgehead atoms. The molecule has 7 heteroatoms. The van der Waals surface area contributed by atoms with Crippen molar-refractivity contribution in [3.8, 4) is 5.75 Å². The Morgan fingerprint density at radius 1 is 1.17 bits per heavy atom. The second-order valence-corrected chi connectivity index (χ2v) is 5.80. The summed E-state index contributed by atoms with van der Waals surface area (Å²) in [6.45, 7) is 0. The van der Waals surface area contributed by atoms with Crippen LogP contribution in [0.3, 0.4) is 0 Å². The molecule has 0 unspecified atom stereocenters. The predicted molar refractivity (Wildman–Crippen MR) is 100 cm³/mol. The topological polar surface area (TPSA) is 62.4 Å². The van der Waals surface area contributed by atoms with E-state index in [1.165, 1.54) is 0 Å². The number of carbonyl (C=O) groups is 1. The summed E-state index contributed by atoms with van der Waals surface area (Å²) >= 11 is 11.1. The number of aryl methyl sites for hydroxylation is 1. The Morgan fingerprint density at radius 3 is 2.62 bits per heavy atom. The Bertz CT molecular complexity index is 710. The average Bonchev–Trinajstić information content (AvgIpc) is 2.59. The van der Waals surface area contributed by atoms with E-state index in [0.29, 0.717) is 29.3 Å². The van der Waals surface area contributed by atoms with Gasteiger partial charge in [0.2, 0.25) is 5.91 Å². The maximum Gasteiger partial charge on any atom is 0.238 e. The maximum atomic E-state index is 11.8. The Hall–Kier alpha value is -2.31. The SMILES string of the molecule is COc1ccc(Cl)cc1NC(=S)NNC(=O)CCc1ccccc1. The van der Waals surface area contributed by atoms with Crippen LogP contribution in [-0.2, 0) is 11.2 Å². The number of halogens is 1. The minimum absolute atomic E-state index is 0.152. The van der Waals surface area contributed by atoms with Gasteiger partial charge in [-0.1, -0.05) is 41.9 Å². The molecule has 2 aromatic carbocycles. The molecular weight excluding hydrogens is 346 g/mol. The second kappa shape index (κ2) is 9.10. The molecule has 2 aromatic rings. The zero-order valence-corrected chi connectivity index (χ0v) is 14.7. The summed E-state index contributed by atoms with van der Waals surface area (Å²) < 4.78 is 5.22. The van der Waals surface area contributed by atoms with Crippen molar-refractivity contribution >= 4 is 40.5 Å². The van der Waals surface area contributed by atoms with Gasteiger partial charge in [0.25, 0.3) is 0 Å². The number of amides is 1. The van der Waals surface area contributed by atoms with Gasteiger partial charge in [0, 0.05) is 11.4 Å². The summed E-state index contributed by atoms with van der Waals surface area (Å²) in [5, 5.41) is 3.72. The van der Waals surface area contributed by atoms with Gasteiger partial charge in [-0.3, -0.25) is 15.6 Å². The highest BCUT2D eigenvalue weighted by Gasteiger charge is 2.07. The fourth-order valence-corrected chi connectivity index (χ4v) is 2.36. The minimum Gasteiger partial charge on any atom is -0.495 e. The quantitative estimate of drug-likeness (QED) is 0.562. The summed E-state index contributed by atoms with van der Waals surface area (Å²) in [5.41, 5.74) is 6.94. The molecule has 0 spiro atoms. The summed E-state index contributed by atoms with van der Waals surface area (Å²) in [6, 6.07) is 14.9. The van der Waals surface area contributed by atoms with Gasteiger partial charge in [0.05, 0.1) is 12.8 Å². The van der Waals surface area contributed by atoms with E-state index in [0.717, 1.165) is 5.56 Å². The third kappa shape index (κ3) is 5.72. The average molecular weight is 364 g/mol. The summed E-state index contributed by atoms with van der Waals surface area (Å²) in [5.74, 6) is 0.444. The Labute approximate surface area is 151 Å². The third-order valence-corrected chi connectivity index (χ3v) is 3.65. The maximum absolute atomic E-state index is 11.8. The van der Waals surface area contributed by atoms with Crippen molar-refractivity contribution in [1.29, 1.82) is 0 Å². The Balaban J connectivity index is 1.78. The van der Waals surface area contributed by atoms with Crippen LogP contribution in [0.4, 0.5) is 5.69 Å². The zero-order valence-electron chi connectivity index (χ0n) is 13.1. The van der Waals surface area contributed by atoms with Gasteiger partial charge in [0.1, 0.15) is 5.75 Å². The van der Waals surface area contributed by atoms with E-state index in [9.17, 15) is 4.79 Å². The molecule has 0 aliphatic rings.